The number of ketones is 1. The van der Waals surface area contributed by atoms with Crippen LogP contribution in [-0.2, 0) is 10.3 Å². The van der Waals surface area contributed by atoms with Gasteiger partial charge in [0, 0.05) is 35.8 Å². The van der Waals surface area contributed by atoms with Crippen molar-refractivity contribution in [1.29, 1.82) is 0 Å². The smallest absolute Gasteiger partial charge is 0.269 e. The molecule has 0 unspecified atom stereocenters. The molecule has 0 bridgehead atoms. The molecule has 1 saturated heterocycles. The van der Waals surface area contributed by atoms with Crippen molar-refractivity contribution < 1.29 is 19.2 Å². The zero-order valence-electron chi connectivity index (χ0n) is 18.0. The molecule has 3 heterocycles. The molecule has 0 aliphatic carbocycles. The number of thiophene rings is 1. The van der Waals surface area contributed by atoms with Gasteiger partial charge < -0.3 is 10.1 Å². The third kappa shape index (κ3) is 3.07. The Morgan fingerprint density at radius 2 is 2.06 bits per heavy atom. The number of Topliss-reactive ketones (excluding diaryl/α,β-unsaturated/α-hetero) is 1. The van der Waals surface area contributed by atoms with Gasteiger partial charge in [0.25, 0.3) is 5.69 Å². The topological polar surface area (TPSA) is 102 Å². The van der Waals surface area contributed by atoms with E-state index in [1.54, 1.807) is 49.6 Å². The minimum atomic E-state index is -1.26. The highest BCUT2D eigenvalue weighted by molar-refractivity contribution is 7.12. The number of nitro groups is 1. The first-order valence-electron chi connectivity index (χ1n) is 10.4. The average Bonchev–Trinajstić information content (AvgIpc) is 3.52. The van der Waals surface area contributed by atoms with Crippen LogP contribution in [0.15, 0.2) is 60.0 Å². The van der Waals surface area contributed by atoms with Crippen molar-refractivity contribution in [3.63, 3.8) is 0 Å². The van der Waals surface area contributed by atoms with E-state index in [0.717, 1.165) is 0 Å². The number of benzene rings is 2. The Morgan fingerprint density at radius 1 is 1.24 bits per heavy atom. The Kier molecular flexibility index (Phi) is 5.02. The predicted molar refractivity (Wildman–Crippen MR) is 124 cm³/mol. The third-order valence-corrected chi connectivity index (χ3v) is 7.60. The average molecular weight is 464 g/mol. The second-order valence-corrected chi connectivity index (χ2v) is 9.24. The van der Waals surface area contributed by atoms with E-state index in [-0.39, 0.29) is 17.4 Å². The van der Waals surface area contributed by atoms with E-state index < -0.39 is 22.3 Å². The lowest BCUT2D eigenvalue weighted by molar-refractivity contribution is -0.384. The van der Waals surface area contributed by atoms with Gasteiger partial charge in [0.1, 0.15) is 11.3 Å². The summed E-state index contributed by atoms with van der Waals surface area (Å²) in [6, 6.07) is 15.2. The fourth-order valence-corrected chi connectivity index (χ4v) is 5.99. The number of rotatable bonds is 5. The van der Waals surface area contributed by atoms with Crippen molar-refractivity contribution in [2.24, 2.45) is 5.92 Å². The lowest BCUT2D eigenvalue weighted by Gasteiger charge is -2.35. The molecule has 5 rings (SSSR count). The molecule has 0 radical (unpaired) electrons. The molecule has 9 heteroatoms. The number of carbonyl (C=O) groups excluding carboxylic acids is 2. The summed E-state index contributed by atoms with van der Waals surface area (Å²) in [5, 5.41) is 16.2. The summed E-state index contributed by atoms with van der Waals surface area (Å²) in [6.07, 6.45) is 0. The van der Waals surface area contributed by atoms with Gasteiger partial charge in [0.05, 0.1) is 22.8 Å². The summed E-state index contributed by atoms with van der Waals surface area (Å²) in [5.74, 6) is -1.06. The standard InChI is InChI=1S/C24H21N3O5S/c1-26-13-17(14-5-3-6-15(11-14)27(30)31)21(22(28)20-7-4-10-33-20)24(26)18-12-16(32-2)8-9-19(18)25-23(24)29/h3-12,17,21H,13H2,1-2H3,(H,25,29)/t17-,21-,24-/m1/s1. The summed E-state index contributed by atoms with van der Waals surface area (Å²) >= 11 is 1.32. The highest BCUT2D eigenvalue weighted by atomic mass is 32.1. The van der Waals surface area contributed by atoms with Crippen molar-refractivity contribution in [3.8, 4) is 5.75 Å². The molecule has 1 amide bonds. The molecule has 0 saturated carbocycles. The Balaban J connectivity index is 1.74. The van der Waals surface area contributed by atoms with E-state index in [0.29, 0.717) is 34.0 Å². The number of methoxy groups -OCH3 is 1. The number of likely N-dealkylation sites (tertiary alicyclic amines) is 1. The monoisotopic (exact) mass is 463 g/mol. The number of fused-ring (bicyclic) bond motifs is 2. The first kappa shape index (κ1) is 21.3. The third-order valence-electron chi connectivity index (χ3n) is 6.71. The van der Waals surface area contributed by atoms with Crippen LogP contribution in [-0.4, -0.2) is 42.2 Å². The zero-order valence-corrected chi connectivity index (χ0v) is 18.8. The fraction of sp³-hybridized carbons (Fsp3) is 0.250. The van der Waals surface area contributed by atoms with Crippen molar-refractivity contribution in [1.82, 2.24) is 4.90 Å². The number of likely N-dealkylation sites (N-methyl/N-ethyl adjacent to an activating group) is 1. The van der Waals surface area contributed by atoms with Gasteiger partial charge in [0.15, 0.2) is 5.78 Å². The second-order valence-electron chi connectivity index (χ2n) is 8.29. The molecule has 8 nitrogen and oxygen atoms in total. The lowest BCUT2D eigenvalue weighted by Crippen LogP contribution is -2.51. The van der Waals surface area contributed by atoms with Crippen molar-refractivity contribution in [2.45, 2.75) is 11.5 Å². The van der Waals surface area contributed by atoms with Gasteiger partial charge in [-0.15, -0.1) is 11.3 Å². The Hall–Kier alpha value is -3.56. The van der Waals surface area contributed by atoms with Crippen molar-refractivity contribution >= 4 is 34.4 Å². The largest absolute Gasteiger partial charge is 0.497 e. The van der Waals surface area contributed by atoms with E-state index >= 15 is 0 Å². The highest BCUT2D eigenvalue weighted by Gasteiger charge is 2.64. The Labute approximate surface area is 193 Å². The van der Waals surface area contributed by atoms with Gasteiger partial charge in [0.2, 0.25) is 5.91 Å². The summed E-state index contributed by atoms with van der Waals surface area (Å²) in [6.45, 7) is 0.382. The molecule has 2 aliphatic rings. The Bertz CT molecular complexity index is 1270. The van der Waals surface area contributed by atoms with Gasteiger partial charge in [-0.25, -0.2) is 0 Å². The number of carbonyl (C=O) groups is 2. The number of nitro benzene ring substituents is 1. The summed E-state index contributed by atoms with van der Waals surface area (Å²) < 4.78 is 5.42. The number of non-ortho nitro benzene ring substituents is 1. The molecule has 1 N–H and O–H groups in total. The van der Waals surface area contributed by atoms with E-state index in [1.165, 1.54) is 23.5 Å². The second kappa shape index (κ2) is 7.79. The first-order valence-corrected chi connectivity index (χ1v) is 11.3. The van der Waals surface area contributed by atoms with E-state index in [1.807, 2.05) is 17.3 Å². The van der Waals surface area contributed by atoms with Crippen LogP contribution in [0.4, 0.5) is 11.4 Å². The van der Waals surface area contributed by atoms with Crippen LogP contribution in [0.25, 0.3) is 0 Å². The quantitative estimate of drug-likeness (QED) is 0.348. The number of anilines is 1. The zero-order chi connectivity index (χ0) is 23.3. The van der Waals surface area contributed by atoms with E-state index in [4.69, 9.17) is 4.74 Å². The molecule has 3 aromatic rings. The van der Waals surface area contributed by atoms with E-state index in [2.05, 4.69) is 5.32 Å². The van der Waals surface area contributed by atoms with Crippen LogP contribution in [0.3, 0.4) is 0 Å². The maximum Gasteiger partial charge on any atom is 0.269 e. The fourth-order valence-electron chi connectivity index (χ4n) is 5.29. The molecular weight excluding hydrogens is 442 g/mol. The van der Waals surface area contributed by atoms with Gasteiger partial charge in [-0.1, -0.05) is 18.2 Å². The van der Waals surface area contributed by atoms with Crippen LogP contribution in [0.2, 0.25) is 0 Å². The Morgan fingerprint density at radius 3 is 2.76 bits per heavy atom. The molecule has 1 fully saturated rings. The van der Waals surface area contributed by atoms with Crippen molar-refractivity contribution in [2.75, 3.05) is 26.0 Å². The maximum absolute atomic E-state index is 14.0. The van der Waals surface area contributed by atoms with Gasteiger partial charge in [-0.3, -0.25) is 24.6 Å². The normalized spacial score (nSPS) is 24.0. The molecule has 1 spiro atoms. The number of nitrogens with one attached hydrogen (secondary N) is 1. The van der Waals surface area contributed by atoms with Gasteiger partial charge >= 0.3 is 0 Å². The summed E-state index contributed by atoms with van der Waals surface area (Å²) in [5.41, 5.74) is 0.664. The predicted octanol–water partition coefficient (Wildman–Crippen LogP) is 4.04. The van der Waals surface area contributed by atoms with Crippen LogP contribution in [0.1, 0.15) is 26.7 Å². The van der Waals surface area contributed by atoms with Gasteiger partial charge in [-0.2, -0.15) is 0 Å². The first-order chi connectivity index (χ1) is 15.9. The molecule has 33 heavy (non-hydrogen) atoms. The molecule has 168 valence electrons. The number of hydrogen-bond donors (Lipinski definition) is 1. The maximum atomic E-state index is 14.0. The molecule has 2 aromatic carbocycles. The van der Waals surface area contributed by atoms with E-state index in [9.17, 15) is 19.7 Å². The molecular formula is C24H21N3O5S. The van der Waals surface area contributed by atoms with Crippen molar-refractivity contribution in [3.05, 3.63) is 86.1 Å². The number of nitrogens with zero attached hydrogens (tertiary/aromatic N) is 2. The SMILES string of the molecule is COc1ccc2c(c1)[C@]1(C(=O)N2)[C@@H](C(=O)c2cccs2)[C@@H](c2cccc([N+](=O)[O-])c2)CN1C. The molecule has 1 aromatic heterocycles. The molecule has 2 aliphatic heterocycles. The number of amides is 1. The lowest BCUT2D eigenvalue weighted by atomic mass is 9.71. The molecule has 3 atom stereocenters. The van der Waals surface area contributed by atoms with Crippen LogP contribution in [0, 0.1) is 16.0 Å². The minimum absolute atomic E-state index is 0.0450. The highest BCUT2D eigenvalue weighted by Crippen LogP contribution is 2.56. The van der Waals surface area contributed by atoms with Crippen LogP contribution in [0.5, 0.6) is 5.75 Å². The number of hydrogen-bond acceptors (Lipinski definition) is 7. The van der Waals surface area contributed by atoms with Gasteiger partial charge in [-0.05, 0) is 42.3 Å². The van der Waals surface area contributed by atoms with Crippen LogP contribution < -0.4 is 10.1 Å². The minimum Gasteiger partial charge on any atom is -0.497 e. The number of ether oxygens (including phenoxy) is 1. The summed E-state index contributed by atoms with van der Waals surface area (Å²) in [7, 11) is 3.37. The summed E-state index contributed by atoms with van der Waals surface area (Å²) in [4.78, 5) is 41.0. The van der Waals surface area contributed by atoms with Crippen LogP contribution >= 0.6 is 11.3 Å².